The van der Waals surface area contributed by atoms with E-state index in [0.717, 1.165) is 28.0 Å². The van der Waals surface area contributed by atoms with Gasteiger partial charge in [0.25, 0.3) is 0 Å². The molecule has 5 heteroatoms. The van der Waals surface area contributed by atoms with Crippen LogP contribution in [0, 0.1) is 11.3 Å². The summed E-state index contributed by atoms with van der Waals surface area (Å²) in [6, 6.07) is 15.7. The largest absolute Gasteiger partial charge is 0.380 e. The van der Waals surface area contributed by atoms with E-state index in [1.54, 1.807) is 12.3 Å². The SMILES string of the molecule is CN(C)c1cc(CNc2cc(C#N)nc3ccccc23)ccn1. The number of anilines is 2. The highest BCUT2D eigenvalue weighted by atomic mass is 15.1. The number of nitriles is 1. The normalized spacial score (nSPS) is 10.3. The number of hydrogen-bond donors (Lipinski definition) is 1. The van der Waals surface area contributed by atoms with Crippen LogP contribution in [0.25, 0.3) is 10.9 Å². The second-order valence-corrected chi connectivity index (χ2v) is 5.45. The summed E-state index contributed by atoms with van der Waals surface area (Å²) in [6.07, 6.45) is 1.80. The zero-order chi connectivity index (χ0) is 16.2. The maximum Gasteiger partial charge on any atom is 0.143 e. The Labute approximate surface area is 135 Å². The highest BCUT2D eigenvalue weighted by molar-refractivity contribution is 5.91. The molecule has 0 amide bonds. The number of benzene rings is 1. The quantitative estimate of drug-likeness (QED) is 0.802. The van der Waals surface area contributed by atoms with Gasteiger partial charge in [-0.05, 0) is 29.8 Å². The number of rotatable bonds is 4. The van der Waals surface area contributed by atoms with E-state index < -0.39 is 0 Å². The first kappa shape index (κ1) is 14.8. The van der Waals surface area contributed by atoms with E-state index in [1.807, 2.05) is 55.4 Å². The van der Waals surface area contributed by atoms with Gasteiger partial charge in [0.05, 0.1) is 5.52 Å². The van der Waals surface area contributed by atoms with Crippen molar-refractivity contribution in [3.63, 3.8) is 0 Å². The zero-order valence-electron chi connectivity index (χ0n) is 13.1. The molecule has 0 radical (unpaired) electrons. The van der Waals surface area contributed by atoms with Gasteiger partial charge in [0.15, 0.2) is 0 Å². The van der Waals surface area contributed by atoms with Gasteiger partial charge in [-0.15, -0.1) is 0 Å². The number of nitrogens with one attached hydrogen (secondary N) is 1. The predicted octanol–water partition coefficient (Wildman–Crippen LogP) is 3.18. The molecule has 0 aliphatic rings. The first-order valence-corrected chi connectivity index (χ1v) is 7.33. The van der Waals surface area contributed by atoms with E-state index in [4.69, 9.17) is 5.26 Å². The van der Waals surface area contributed by atoms with Gasteiger partial charge in [-0.2, -0.15) is 5.26 Å². The number of fused-ring (bicyclic) bond motifs is 1. The minimum absolute atomic E-state index is 0.412. The van der Waals surface area contributed by atoms with Crippen molar-refractivity contribution in [1.29, 1.82) is 5.26 Å². The van der Waals surface area contributed by atoms with Crippen LogP contribution in [0.1, 0.15) is 11.3 Å². The molecular formula is C18H17N5. The van der Waals surface area contributed by atoms with Gasteiger partial charge < -0.3 is 10.2 Å². The van der Waals surface area contributed by atoms with Gasteiger partial charge in [0.2, 0.25) is 0 Å². The molecule has 1 aromatic carbocycles. The molecule has 114 valence electrons. The number of hydrogen-bond acceptors (Lipinski definition) is 5. The molecule has 5 nitrogen and oxygen atoms in total. The Hall–Kier alpha value is -3.13. The first-order valence-electron chi connectivity index (χ1n) is 7.33. The third-order valence-electron chi connectivity index (χ3n) is 3.58. The van der Waals surface area contributed by atoms with Crippen LogP contribution < -0.4 is 10.2 Å². The average molecular weight is 303 g/mol. The third-order valence-corrected chi connectivity index (χ3v) is 3.58. The average Bonchev–Trinajstić information content (AvgIpc) is 2.59. The summed E-state index contributed by atoms with van der Waals surface area (Å²) < 4.78 is 0. The predicted molar refractivity (Wildman–Crippen MR) is 92.3 cm³/mol. The van der Waals surface area contributed by atoms with Crippen molar-refractivity contribution in [2.45, 2.75) is 6.54 Å². The van der Waals surface area contributed by atoms with E-state index in [2.05, 4.69) is 21.4 Å². The molecule has 3 rings (SSSR count). The summed E-state index contributed by atoms with van der Waals surface area (Å²) in [5.74, 6) is 0.918. The summed E-state index contributed by atoms with van der Waals surface area (Å²) in [5, 5.41) is 13.6. The zero-order valence-corrected chi connectivity index (χ0v) is 13.1. The fourth-order valence-electron chi connectivity index (χ4n) is 2.39. The van der Waals surface area contributed by atoms with Gasteiger partial charge in [-0.25, -0.2) is 9.97 Å². The Kier molecular flexibility index (Phi) is 4.07. The van der Waals surface area contributed by atoms with Crippen molar-refractivity contribution in [2.75, 3.05) is 24.3 Å². The van der Waals surface area contributed by atoms with Crippen LogP contribution in [0.3, 0.4) is 0 Å². The highest BCUT2D eigenvalue weighted by Gasteiger charge is 2.06. The second kappa shape index (κ2) is 6.32. The summed E-state index contributed by atoms with van der Waals surface area (Å²) >= 11 is 0. The molecule has 1 N–H and O–H groups in total. The van der Waals surface area contributed by atoms with Gasteiger partial charge in [0, 0.05) is 37.9 Å². The van der Waals surface area contributed by atoms with Gasteiger partial charge in [0.1, 0.15) is 17.6 Å². The van der Waals surface area contributed by atoms with Gasteiger partial charge in [-0.3, -0.25) is 0 Å². The van der Waals surface area contributed by atoms with Crippen molar-refractivity contribution in [1.82, 2.24) is 9.97 Å². The fourth-order valence-corrected chi connectivity index (χ4v) is 2.39. The van der Waals surface area contributed by atoms with Crippen LogP contribution in [0.5, 0.6) is 0 Å². The lowest BCUT2D eigenvalue weighted by Crippen LogP contribution is -2.11. The van der Waals surface area contributed by atoms with Crippen molar-refractivity contribution in [2.24, 2.45) is 0 Å². The number of pyridine rings is 2. The number of para-hydroxylation sites is 1. The molecule has 2 heterocycles. The topological polar surface area (TPSA) is 64.8 Å². The molecule has 0 saturated carbocycles. The van der Waals surface area contributed by atoms with E-state index in [1.165, 1.54) is 0 Å². The van der Waals surface area contributed by atoms with Crippen LogP contribution in [0.15, 0.2) is 48.7 Å². The van der Waals surface area contributed by atoms with Gasteiger partial charge >= 0.3 is 0 Å². The second-order valence-electron chi connectivity index (χ2n) is 5.45. The summed E-state index contributed by atoms with van der Waals surface area (Å²) in [6.45, 7) is 0.655. The molecule has 0 saturated heterocycles. The molecule has 23 heavy (non-hydrogen) atoms. The standard InChI is InChI=1S/C18H17N5/c1-23(2)18-9-13(7-8-20-18)12-21-17-10-14(11-19)22-16-6-4-3-5-15(16)17/h3-10H,12H2,1-2H3,(H,21,22). The monoisotopic (exact) mass is 303 g/mol. The van der Waals surface area contributed by atoms with E-state index >= 15 is 0 Å². The maximum absolute atomic E-state index is 9.15. The highest BCUT2D eigenvalue weighted by Crippen LogP contribution is 2.23. The third kappa shape index (κ3) is 3.22. The lowest BCUT2D eigenvalue weighted by molar-refractivity contribution is 1.04. The van der Waals surface area contributed by atoms with Crippen molar-refractivity contribution in [3.8, 4) is 6.07 Å². The molecule has 0 aliphatic carbocycles. The molecule has 0 unspecified atom stereocenters. The van der Waals surface area contributed by atoms with Crippen molar-refractivity contribution < 1.29 is 0 Å². The molecule has 0 aliphatic heterocycles. The number of aromatic nitrogens is 2. The molecule has 0 fully saturated rings. The molecular weight excluding hydrogens is 286 g/mol. The maximum atomic E-state index is 9.15. The summed E-state index contributed by atoms with van der Waals surface area (Å²) in [5.41, 5.74) is 3.27. The number of nitrogens with zero attached hydrogens (tertiary/aromatic N) is 4. The summed E-state index contributed by atoms with van der Waals surface area (Å²) in [4.78, 5) is 10.6. The molecule has 3 aromatic rings. The van der Waals surface area contributed by atoms with E-state index in [0.29, 0.717) is 12.2 Å². The minimum atomic E-state index is 0.412. The van der Waals surface area contributed by atoms with Crippen LogP contribution in [-0.2, 0) is 6.54 Å². The Balaban J connectivity index is 1.90. The Morgan fingerprint density at radius 3 is 2.78 bits per heavy atom. The van der Waals surface area contributed by atoms with Crippen molar-refractivity contribution in [3.05, 3.63) is 59.9 Å². The van der Waals surface area contributed by atoms with Crippen LogP contribution in [0.2, 0.25) is 0 Å². The Morgan fingerprint density at radius 2 is 2.00 bits per heavy atom. The van der Waals surface area contributed by atoms with Crippen LogP contribution in [0.4, 0.5) is 11.5 Å². The van der Waals surface area contributed by atoms with Crippen LogP contribution in [-0.4, -0.2) is 24.1 Å². The Bertz CT molecular complexity index is 880. The smallest absolute Gasteiger partial charge is 0.143 e. The van der Waals surface area contributed by atoms with Gasteiger partial charge in [-0.1, -0.05) is 18.2 Å². The fraction of sp³-hybridized carbons (Fsp3) is 0.167. The van der Waals surface area contributed by atoms with Crippen molar-refractivity contribution >= 4 is 22.4 Å². The summed E-state index contributed by atoms with van der Waals surface area (Å²) in [7, 11) is 3.93. The first-order chi connectivity index (χ1) is 11.2. The molecule has 2 aromatic heterocycles. The van der Waals surface area contributed by atoms with E-state index in [9.17, 15) is 0 Å². The minimum Gasteiger partial charge on any atom is -0.380 e. The molecule has 0 spiro atoms. The lowest BCUT2D eigenvalue weighted by atomic mass is 10.1. The molecule has 0 bridgehead atoms. The van der Waals surface area contributed by atoms with Crippen LogP contribution >= 0.6 is 0 Å². The van der Waals surface area contributed by atoms with E-state index in [-0.39, 0.29) is 0 Å². The molecule has 0 atom stereocenters. The Morgan fingerprint density at radius 1 is 1.17 bits per heavy atom. The lowest BCUT2D eigenvalue weighted by Gasteiger charge is -2.14.